The van der Waals surface area contributed by atoms with Crippen molar-refractivity contribution in [2.24, 2.45) is 0 Å². The molecular formula is C9H17NO2S. The molecule has 13 heavy (non-hydrogen) atoms. The highest BCUT2D eigenvalue weighted by molar-refractivity contribution is 8.00. The number of piperidine rings is 1. The van der Waals surface area contributed by atoms with Crippen molar-refractivity contribution in [2.45, 2.75) is 24.5 Å². The number of hydrogen-bond acceptors (Lipinski definition) is 4. The first kappa shape index (κ1) is 10.9. The summed E-state index contributed by atoms with van der Waals surface area (Å²) in [6, 6.07) is 0. The van der Waals surface area contributed by atoms with Gasteiger partial charge in [-0.15, -0.1) is 11.8 Å². The van der Waals surface area contributed by atoms with Crippen molar-refractivity contribution in [1.82, 2.24) is 5.32 Å². The molecule has 0 saturated carbocycles. The second-order valence-corrected chi connectivity index (χ2v) is 4.39. The Morgan fingerprint density at radius 3 is 2.92 bits per heavy atom. The molecule has 0 aromatic heterocycles. The smallest absolute Gasteiger partial charge is 0.323 e. The first-order valence-corrected chi connectivity index (χ1v) is 5.91. The molecule has 1 saturated heterocycles. The number of ether oxygens (including phenoxy) is 1. The lowest BCUT2D eigenvalue weighted by Crippen LogP contribution is -2.49. The molecule has 0 amide bonds. The van der Waals surface area contributed by atoms with Crippen molar-refractivity contribution in [3.8, 4) is 0 Å². The Hall–Kier alpha value is -0.220. The van der Waals surface area contributed by atoms with Gasteiger partial charge in [0.05, 0.1) is 6.61 Å². The topological polar surface area (TPSA) is 38.3 Å². The van der Waals surface area contributed by atoms with Crippen LogP contribution in [0.1, 0.15) is 19.8 Å². The standard InChI is InChI=1S/C9H17NO2S/c1-3-12-8(11)9(13-2)5-4-6-10-7-9/h10H,3-7H2,1-2H3. The molecule has 0 aliphatic carbocycles. The van der Waals surface area contributed by atoms with E-state index in [-0.39, 0.29) is 10.7 Å². The van der Waals surface area contributed by atoms with Crippen LogP contribution in [0.2, 0.25) is 0 Å². The van der Waals surface area contributed by atoms with Crippen molar-refractivity contribution in [1.29, 1.82) is 0 Å². The van der Waals surface area contributed by atoms with Crippen LogP contribution in [0.4, 0.5) is 0 Å². The number of carbonyl (C=O) groups is 1. The Labute approximate surface area is 83.6 Å². The molecule has 1 fully saturated rings. The number of hydrogen-bond donors (Lipinski definition) is 1. The van der Waals surface area contributed by atoms with E-state index in [2.05, 4.69) is 5.32 Å². The summed E-state index contributed by atoms with van der Waals surface area (Å²) in [7, 11) is 0. The minimum atomic E-state index is -0.325. The maximum atomic E-state index is 11.7. The zero-order valence-electron chi connectivity index (χ0n) is 8.26. The van der Waals surface area contributed by atoms with Crippen molar-refractivity contribution in [3.63, 3.8) is 0 Å². The van der Waals surface area contributed by atoms with Crippen LogP contribution in [0, 0.1) is 0 Å². The fourth-order valence-corrected chi connectivity index (χ4v) is 2.39. The van der Waals surface area contributed by atoms with Crippen LogP contribution < -0.4 is 5.32 Å². The van der Waals surface area contributed by atoms with E-state index >= 15 is 0 Å². The molecule has 1 aliphatic heterocycles. The molecule has 0 aromatic carbocycles. The van der Waals surface area contributed by atoms with Crippen LogP contribution >= 0.6 is 11.8 Å². The van der Waals surface area contributed by atoms with Gasteiger partial charge >= 0.3 is 5.97 Å². The first-order chi connectivity index (χ1) is 6.25. The molecule has 3 nitrogen and oxygen atoms in total. The summed E-state index contributed by atoms with van der Waals surface area (Å²) in [6.45, 7) is 4.08. The van der Waals surface area contributed by atoms with Crippen LogP contribution in [0.25, 0.3) is 0 Å². The summed E-state index contributed by atoms with van der Waals surface area (Å²) in [5, 5.41) is 3.24. The summed E-state index contributed by atoms with van der Waals surface area (Å²) in [6.07, 6.45) is 3.96. The van der Waals surface area contributed by atoms with Crippen molar-refractivity contribution in [3.05, 3.63) is 0 Å². The number of carbonyl (C=O) groups excluding carboxylic acids is 1. The third-order valence-corrected chi connectivity index (χ3v) is 3.68. The lowest BCUT2D eigenvalue weighted by atomic mass is 9.99. The summed E-state index contributed by atoms with van der Waals surface area (Å²) < 4.78 is 4.75. The van der Waals surface area contributed by atoms with Crippen LogP contribution in [-0.4, -0.2) is 36.7 Å². The van der Waals surface area contributed by atoms with E-state index in [1.54, 1.807) is 11.8 Å². The predicted molar refractivity (Wildman–Crippen MR) is 55.0 cm³/mol. The Morgan fingerprint density at radius 2 is 2.46 bits per heavy atom. The summed E-state index contributed by atoms with van der Waals surface area (Å²) >= 11 is 1.60. The predicted octanol–water partition coefficient (Wildman–Crippen LogP) is 1.03. The monoisotopic (exact) mass is 203 g/mol. The maximum absolute atomic E-state index is 11.7. The highest BCUT2D eigenvalue weighted by atomic mass is 32.2. The van der Waals surface area contributed by atoms with Gasteiger partial charge in [0.25, 0.3) is 0 Å². The highest BCUT2D eigenvalue weighted by Crippen LogP contribution is 2.31. The molecular weight excluding hydrogens is 186 g/mol. The largest absolute Gasteiger partial charge is 0.465 e. The average Bonchev–Trinajstić information content (AvgIpc) is 2.19. The van der Waals surface area contributed by atoms with Crippen LogP contribution in [-0.2, 0) is 9.53 Å². The summed E-state index contributed by atoms with van der Waals surface area (Å²) in [4.78, 5) is 11.7. The van der Waals surface area contributed by atoms with E-state index in [0.29, 0.717) is 6.61 Å². The van der Waals surface area contributed by atoms with Gasteiger partial charge in [-0.3, -0.25) is 4.79 Å². The molecule has 76 valence electrons. The number of rotatable bonds is 3. The SMILES string of the molecule is CCOC(=O)C1(SC)CCCNC1. The van der Waals surface area contributed by atoms with E-state index < -0.39 is 0 Å². The Bertz CT molecular complexity index is 178. The molecule has 0 bridgehead atoms. The molecule has 1 atom stereocenters. The van der Waals surface area contributed by atoms with Gasteiger partial charge in [-0.1, -0.05) is 0 Å². The van der Waals surface area contributed by atoms with Crippen molar-refractivity contribution < 1.29 is 9.53 Å². The summed E-state index contributed by atoms with van der Waals surface area (Å²) in [5.74, 6) is -0.0605. The van der Waals surface area contributed by atoms with Gasteiger partial charge < -0.3 is 10.1 Å². The van der Waals surface area contributed by atoms with E-state index in [1.807, 2.05) is 13.2 Å². The zero-order valence-corrected chi connectivity index (χ0v) is 9.08. The minimum Gasteiger partial charge on any atom is -0.465 e. The lowest BCUT2D eigenvalue weighted by Gasteiger charge is -2.33. The van der Waals surface area contributed by atoms with E-state index in [4.69, 9.17) is 4.74 Å². The second kappa shape index (κ2) is 4.86. The number of thioether (sulfide) groups is 1. The summed E-state index contributed by atoms with van der Waals surface area (Å²) in [5.41, 5.74) is 0. The Morgan fingerprint density at radius 1 is 1.69 bits per heavy atom. The lowest BCUT2D eigenvalue weighted by molar-refractivity contribution is -0.146. The van der Waals surface area contributed by atoms with Crippen LogP contribution in [0.5, 0.6) is 0 Å². The normalized spacial score (nSPS) is 28.5. The van der Waals surface area contributed by atoms with Gasteiger partial charge in [-0.2, -0.15) is 0 Å². The van der Waals surface area contributed by atoms with Gasteiger partial charge in [0.1, 0.15) is 4.75 Å². The molecule has 0 radical (unpaired) electrons. The maximum Gasteiger partial charge on any atom is 0.323 e. The molecule has 1 unspecified atom stereocenters. The molecule has 1 aliphatic rings. The second-order valence-electron chi connectivity index (χ2n) is 3.20. The third kappa shape index (κ3) is 2.38. The van der Waals surface area contributed by atoms with Gasteiger partial charge in [-0.05, 0) is 32.6 Å². The van der Waals surface area contributed by atoms with E-state index in [9.17, 15) is 4.79 Å². The van der Waals surface area contributed by atoms with Crippen LogP contribution in [0.3, 0.4) is 0 Å². The van der Waals surface area contributed by atoms with Gasteiger partial charge in [0.15, 0.2) is 0 Å². The quantitative estimate of drug-likeness (QED) is 0.695. The van der Waals surface area contributed by atoms with Gasteiger partial charge in [0, 0.05) is 6.54 Å². The minimum absolute atomic E-state index is 0.0605. The van der Waals surface area contributed by atoms with E-state index in [0.717, 1.165) is 25.9 Å². The zero-order chi connectivity index (χ0) is 9.73. The Kier molecular flexibility index (Phi) is 4.06. The average molecular weight is 203 g/mol. The van der Waals surface area contributed by atoms with E-state index in [1.165, 1.54) is 0 Å². The first-order valence-electron chi connectivity index (χ1n) is 4.68. The number of nitrogens with one attached hydrogen (secondary N) is 1. The van der Waals surface area contributed by atoms with Crippen molar-refractivity contribution in [2.75, 3.05) is 26.0 Å². The molecule has 1 N–H and O–H groups in total. The fraction of sp³-hybridized carbons (Fsp3) is 0.889. The van der Waals surface area contributed by atoms with Gasteiger partial charge in [0.2, 0.25) is 0 Å². The highest BCUT2D eigenvalue weighted by Gasteiger charge is 2.40. The molecule has 1 heterocycles. The Balaban J connectivity index is 2.61. The molecule has 0 aromatic rings. The molecule has 0 spiro atoms. The van der Waals surface area contributed by atoms with Crippen LogP contribution in [0.15, 0.2) is 0 Å². The van der Waals surface area contributed by atoms with Gasteiger partial charge in [-0.25, -0.2) is 0 Å². The fourth-order valence-electron chi connectivity index (χ4n) is 1.57. The third-order valence-electron chi connectivity index (χ3n) is 2.38. The molecule has 4 heteroatoms. The number of esters is 1. The van der Waals surface area contributed by atoms with Crippen molar-refractivity contribution >= 4 is 17.7 Å². The molecule has 1 rings (SSSR count).